The topological polar surface area (TPSA) is 46.5 Å². The molecule has 1 N–H and O–H groups in total. The molecule has 0 atom stereocenters. The summed E-state index contributed by atoms with van der Waals surface area (Å²) >= 11 is 7.35. The SMILES string of the molecule is CC(C)(C)OCCSc1ccc(Cl)c(C(=O)O)c1. The Balaban J connectivity index is 2.53. The molecule has 0 radical (unpaired) electrons. The number of ether oxygens (including phenoxy) is 1. The molecular weight excluding hydrogens is 272 g/mol. The first kappa shape index (κ1) is 15.3. The van der Waals surface area contributed by atoms with Crippen LogP contribution in [-0.4, -0.2) is 29.0 Å². The van der Waals surface area contributed by atoms with Crippen molar-refractivity contribution in [3.8, 4) is 0 Å². The lowest BCUT2D eigenvalue weighted by Crippen LogP contribution is -2.20. The summed E-state index contributed by atoms with van der Waals surface area (Å²) in [5.74, 6) is -0.230. The Labute approximate surface area is 116 Å². The predicted molar refractivity (Wildman–Crippen MR) is 74.8 cm³/mol. The van der Waals surface area contributed by atoms with E-state index >= 15 is 0 Å². The number of benzene rings is 1. The van der Waals surface area contributed by atoms with Crippen LogP contribution in [0.1, 0.15) is 31.1 Å². The molecule has 0 aliphatic heterocycles. The molecule has 18 heavy (non-hydrogen) atoms. The average Bonchev–Trinajstić information content (AvgIpc) is 2.24. The van der Waals surface area contributed by atoms with Crippen molar-refractivity contribution in [2.75, 3.05) is 12.4 Å². The summed E-state index contributed by atoms with van der Waals surface area (Å²) in [5.41, 5.74) is -0.00864. The number of thioether (sulfide) groups is 1. The van der Waals surface area contributed by atoms with Gasteiger partial charge in [0.15, 0.2) is 0 Å². The Kier molecular flexibility index (Phi) is 5.50. The predicted octanol–water partition coefficient (Wildman–Crippen LogP) is 3.95. The van der Waals surface area contributed by atoms with Crippen molar-refractivity contribution in [1.29, 1.82) is 0 Å². The maximum absolute atomic E-state index is 10.9. The first-order chi connectivity index (χ1) is 8.29. The number of carboxylic acids is 1. The molecule has 0 aliphatic rings. The quantitative estimate of drug-likeness (QED) is 0.658. The van der Waals surface area contributed by atoms with E-state index in [2.05, 4.69) is 0 Å². The fraction of sp³-hybridized carbons (Fsp3) is 0.462. The molecule has 1 aromatic carbocycles. The maximum atomic E-state index is 10.9. The highest BCUT2D eigenvalue weighted by Gasteiger charge is 2.11. The monoisotopic (exact) mass is 288 g/mol. The van der Waals surface area contributed by atoms with Gasteiger partial charge in [0.2, 0.25) is 0 Å². The molecule has 1 rings (SSSR count). The van der Waals surface area contributed by atoms with Crippen molar-refractivity contribution in [2.24, 2.45) is 0 Å². The highest BCUT2D eigenvalue weighted by Crippen LogP contribution is 2.24. The van der Waals surface area contributed by atoms with Crippen molar-refractivity contribution in [2.45, 2.75) is 31.3 Å². The molecule has 0 heterocycles. The van der Waals surface area contributed by atoms with E-state index in [0.717, 1.165) is 10.6 Å². The number of aromatic carboxylic acids is 1. The molecule has 0 saturated heterocycles. The van der Waals surface area contributed by atoms with Crippen LogP contribution in [0.2, 0.25) is 5.02 Å². The summed E-state index contributed by atoms with van der Waals surface area (Å²) in [6, 6.07) is 5.01. The summed E-state index contributed by atoms with van der Waals surface area (Å²) in [7, 11) is 0. The minimum absolute atomic E-state index is 0.137. The zero-order valence-corrected chi connectivity index (χ0v) is 12.3. The largest absolute Gasteiger partial charge is 0.478 e. The van der Waals surface area contributed by atoms with Crippen LogP contribution in [-0.2, 0) is 4.74 Å². The maximum Gasteiger partial charge on any atom is 0.337 e. The summed E-state index contributed by atoms with van der Waals surface area (Å²) in [6.07, 6.45) is 0. The minimum atomic E-state index is -1.01. The Morgan fingerprint density at radius 2 is 2.11 bits per heavy atom. The average molecular weight is 289 g/mol. The summed E-state index contributed by atoms with van der Waals surface area (Å²) in [6.45, 7) is 6.63. The van der Waals surface area contributed by atoms with E-state index < -0.39 is 5.97 Å². The Bertz CT molecular complexity index is 427. The van der Waals surface area contributed by atoms with Crippen molar-refractivity contribution in [1.82, 2.24) is 0 Å². The number of hydrogen-bond donors (Lipinski definition) is 1. The lowest BCUT2D eigenvalue weighted by atomic mass is 10.2. The summed E-state index contributed by atoms with van der Waals surface area (Å²) < 4.78 is 5.59. The lowest BCUT2D eigenvalue weighted by molar-refractivity contribution is 0.00694. The second kappa shape index (κ2) is 6.45. The van der Waals surface area contributed by atoms with Gasteiger partial charge in [-0.25, -0.2) is 4.79 Å². The summed E-state index contributed by atoms with van der Waals surface area (Å²) in [4.78, 5) is 11.8. The van der Waals surface area contributed by atoms with Crippen LogP contribution < -0.4 is 0 Å². The van der Waals surface area contributed by atoms with Crippen LogP contribution in [0.25, 0.3) is 0 Å². The smallest absolute Gasteiger partial charge is 0.337 e. The Morgan fingerprint density at radius 3 is 2.67 bits per heavy atom. The minimum Gasteiger partial charge on any atom is -0.478 e. The molecule has 0 unspecified atom stereocenters. The number of carbonyl (C=O) groups is 1. The van der Waals surface area contributed by atoms with Gasteiger partial charge in [0.1, 0.15) is 0 Å². The van der Waals surface area contributed by atoms with Crippen LogP contribution in [0.15, 0.2) is 23.1 Å². The van der Waals surface area contributed by atoms with Gasteiger partial charge < -0.3 is 9.84 Å². The molecule has 0 spiro atoms. The number of rotatable bonds is 5. The normalized spacial score (nSPS) is 11.6. The third-order valence-electron chi connectivity index (χ3n) is 2.06. The molecular formula is C13H17ClO3S. The van der Waals surface area contributed by atoms with Crippen molar-refractivity contribution < 1.29 is 14.6 Å². The van der Waals surface area contributed by atoms with E-state index in [1.165, 1.54) is 0 Å². The van der Waals surface area contributed by atoms with Gasteiger partial charge >= 0.3 is 5.97 Å². The van der Waals surface area contributed by atoms with Crippen molar-refractivity contribution in [3.05, 3.63) is 28.8 Å². The van der Waals surface area contributed by atoms with E-state index in [0.29, 0.717) is 6.61 Å². The van der Waals surface area contributed by atoms with E-state index in [1.54, 1.807) is 23.9 Å². The van der Waals surface area contributed by atoms with Gasteiger partial charge in [0.05, 0.1) is 22.8 Å². The van der Waals surface area contributed by atoms with E-state index in [-0.39, 0.29) is 16.2 Å². The highest BCUT2D eigenvalue weighted by molar-refractivity contribution is 7.99. The number of halogens is 1. The van der Waals surface area contributed by atoms with Crippen LogP contribution in [0.4, 0.5) is 0 Å². The second-order valence-corrected chi connectivity index (χ2v) is 6.33. The molecule has 0 aromatic heterocycles. The zero-order valence-electron chi connectivity index (χ0n) is 10.7. The van der Waals surface area contributed by atoms with E-state index in [4.69, 9.17) is 21.4 Å². The van der Waals surface area contributed by atoms with Gasteiger partial charge in [-0.3, -0.25) is 0 Å². The molecule has 0 aliphatic carbocycles. The van der Waals surface area contributed by atoms with Crippen molar-refractivity contribution in [3.63, 3.8) is 0 Å². The molecule has 0 fully saturated rings. The molecule has 1 aromatic rings. The highest BCUT2D eigenvalue weighted by atomic mass is 35.5. The third-order valence-corrected chi connectivity index (χ3v) is 3.34. The van der Waals surface area contributed by atoms with Gasteiger partial charge in [-0.15, -0.1) is 11.8 Å². The Morgan fingerprint density at radius 1 is 1.44 bits per heavy atom. The standard InChI is InChI=1S/C13H17ClO3S/c1-13(2,3)17-6-7-18-9-4-5-11(14)10(8-9)12(15)16/h4-5,8H,6-7H2,1-3H3,(H,15,16). The summed E-state index contributed by atoms with van der Waals surface area (Å²) in [5, 5.41) is 9.21. The van der Waals surface area contributed by atoms with Crippen LogP contribution in [0.5, 0.6) is 0 Å². The molecule has 100 valence electrons. The Hall–Kier alpha value is -0.710. The van der Waals surface area contributed by atoms with Gasteiger partial charge in [-0.05, 0) is 39.0 Å². The lowest BCUT2D eigenvalue weighted by Gasteiger charge is -2.19. The fourth-order valence-electron chi connectivity index (χ4n) is 1.27. The fourth-order valence-corrected chi connectivity index (χ4v) is 2.23. The molecule has 0 saturated carbocycles. The van der Waals surface area contributed by atoms with E-state index in [1.807, 2.05) is 26.8 Å². The number of hydrogen-bond acceptors (Lipinski definition) is 3. The van der Waals surface area contributed by atoms with Gasteiger partial charge in [-0.1, -0.05) is 11.6 Å². The second-order valence-electron chi connectivity index (χ2n) is 4.76. The molecule has 0 bridgehead atoms. The zero-order chi connectivity index (χ0) is 13.8. The van der Waals surface area contributed by atoms with E-state index in [9.17, 15) is 4.79 Å². The van der Waals surface area contributed by atoms with Crippen LogP contribution in [0, 0.1) is 0 Å². The third kappa shape index (κ3) is 5.29. The van der Waals surface area contributed by atoms with Gasteiger partial charge in [0.25, 0.3) is 0 Å². The van der Waals surface area contributed by atoms with Crippen LogP contribution in [0.3, 0.4) is 0 Å². The first-order valence-electron chi connectivity index (χ1n) is 5.59. The first-order valence-corrected chi connectivity index (χ1v) is 6.95. The van der Waals surface area contributed by atoms with Crippen LogP contribution >= 0.6 is 23.4 Å². The van der Waals surface area contributed by atoms with Crippen molar-refractivity contribution >= 4 is 29.3 Å². The molecule has 0 amide bonds. The van der Waals surface area contributed by atoms with Gasteiger partial charge in [-0.2, -0.15) is 0 Å². The van der Waals surface area contributed by atoms with Gasteiger partial charge in [0, 0.05) is 10.6 Å². The number of carboxylic acid groups (broad SMARTS) is 1. The molecule has 3 nitrogen and oxygen atoms in total. The molecule has 5 heteroatoms.